The predicted octanol–water partition coefficient (Wildman–Crippen LogP) is -0.966. The fraction of sp³-hybridized carbons (Fsp3) is 0.500. The van der Waals surface area contributed by atoms with Crippen molar-refractivity contribution in [2.24, 2.45) is 4.99 Å². The average molecular weight is 326 g/mol. The highest BCUT2D eigenvalue weighted by atomic mass is 19.1. The second-order valence-corrected chi connectivity index (χ2v) is 4.97. The number of aliphatic hydroxyl groups is 2. The number of imidazole rings is 1. The summed E-state index contributed by atoms with van der Waals surface area (Å²) in [6, 6.07) is 0. The van der Waals surface area contributed by atoms with Gasteiger partial charge >= 0.3 is 0 Å². The molecule has 4 atom stereocenters. The van der Waals surface area contributed by atoms with Gasteiger partial charge in [0.1, 0.15) is 6.10 Å². The minimum absolute atomic E-state index is 0.0969. The number of aliphatic hydroxyl groups excluding tert-OH is 2. The largest absolute Gasteiger partial charge is 0.479 e. The van der Waals surface area contributed by atoms with Crippen molar-refractivity contribution in [3.63, 3.8) is 0 Å². The van der Waals surface area contributed by atoms with E-state index in [2.05, 4.69) is 26.7 Å². The molecule has 0 aromatic carbocycles. The first-order valence-corrected chi connectivity index (χ1v) is 6.60. The summed E-state index contributed by atoms with van der Waals surface area (Å²) in [5.41, 5.74) is 4.15. The third-order valence-corrected chi connectivity index (χ3v) is 3.73. The van der Waals surface area contributed by atoms with Gasteiger partial charge in [0, 0.05) is 0 Å². The topological polar surface area (TPSA) is 141 Å². The molecular weight excluding hydrogens is 311 g/mol. The quantitative estimate of drug-likeness (QED) is 0.610. The van der Waals surface area contributed by atoms with Crippen LogP contribution < -0.4 is 10.5 Å². The Kier molecular flexibility index (Phi) is 3.62. The summed E-state index contributed by atoms with van der Waals surface area (Å²) in [7, 11) is 1.38. The second-order valence-electron chi connectivity index (χ2n) is 4.97. The van der Waals surface area contributed by atoms with Crippen LogP contribution in [0.4, 0.5) is 10.3 Å². The van der Waals surface area contributed by atoms with E-state index in [-0.39, 0.29) is 23.0 Å². The highest BCUT2D eigenvalue weighted by molar-refractivity contribution is 5.77. The van der Waals surface area contributed by atoms with Crippen LogP contribution in [-0.4, -0.2) is 68.2 Å². The predicted molar refractivity (Wildman–Crippen MR) is 76.7 cm³/mol. The van der Waals surface area contributed by atoms with Gasteiger partial charge in [-0.1, -0.05) is 0 Å². The number of halogens is 1. The lowest BCUT2D eigenvalue weighted by Crippen LogP contribution is -2.43. The summed E-state index contributed by atoms with van der Waals surface area (Å²) in [6.07, 6.45) is -3.67. The molecule has 11 heteroatoms. The maximum Gasteiger partial charge on any atom is 0.246 e. The number of nitrogens with zero attached hydrogens (tertiary/aromatic N) is 5. The monoisotopic (exact) mass is 326 g/mol. The minimum atomic E-state index is -1.90. The highest BCUT2D eigenvalue weighted by Crippen LogP contribution is 2.41. The van der Waals surface area contributed by atoms with E-state index in [1.54, 1.807) is 0 Å². The number of alkyl halides is 1. The van der Waals surface area contributed by atoms with Crippen LogP contribution in [0.5, 0.6) is 5.88 Å². The normalized spacial score (nSPS) is 30.7. The van der Waals surface area contributed by atoms with Gasteiger partial charge in [-0.15, -0.1) is 0 Å². The van der Waals surface area contributed by atoms with Crippen LogP contribution in [0, 0.1) is 0 Å². The summed E-state index contributed by atoms with van der Waals surface area (Å²) in [4.78, 5) is 15.5. The van der Waals surface area contributed by atoms with Crippen molar-refractivity contribution in [3.05, 3.63) is 6.33 Å². The van der Waals surface area contributed by atoms with Crippen LogP contribution >= 0.6 is 0 Å². The Morgan fingerprint density at radius 3 is 2.91 bits per heavy atom. The second kappa shape index (κ2) is 5.37. The number of methoxy groups -OCH3 is 1. The number of aromatic nitrogens is 4. The number of ether oxygens (including phenoxy) is 2. The summed E-state index contributed by atoms with van der Waals surface area (Å²) < 4.78 is 26.2. The van der Waals surface area contributed by atoms with Crippen molar-refractivity contribution in [2.45, 2.75) is 24.2 Å². The van der Waals surface area contributed by atoms with Gasteiger partial charge in [-0.2, -0.15) is 9.97 Å². The molecule has 0 amide bonds. The third kappa shape index (κ3) is 2.12. The molecule has 1 aliphatic rings. The van der Waals surface area contributed by atoms with Crippen molar-refractivity contribution in [1.82, 2.24) is 19.5 Å². The third-order valence-electron chi connectivity index (χ3n) is 3.73. The molecule has 0 aliphatic carbocycles. The van der Waals surface area contributed by atoms with E-state index < -0.39 is 30.8 Å². The Labute approximate surface area is 129 Å². The Bertz CT molecular complexity index is 754. The highest BCUT2D eigenvalue weighted by Gasteiger charge is 2.56. The molecule has 0 unspecified atom stereocenters. The first-order valence-electron chi connectivity index (χ1n) is 6.60. The number of anilines is 1. The Morgan fingerprint density at radius 1 is 1.61 bits per heavy atom. The lowest BCUT2D eigenvalue weighted by Gasteiger charge is -2.24. The number of nitrogen functional groups attached to an aromatic ring is 1. The van der Waals surface area contributed by atoms with E-state index in [1.165, 1.54) is 18.0 Å². The molecule has 0 saturated carbocycles. The van der Waals surface area contributed by atoms with Gasteiger partial charge < -0.3 is 25.4 Å². The van der Waals surface area contributed by atoms with E-state index in [1.807, 2.05) is 0 Å². The molecule has 1 aliphatic heterocycles. The lowest BCUT2D eigenvalue weighted by molar-refractivity contribution is -0.120. The zero-order valence-electron chi connectivity index (χ0n) is 12.1. The molecule has 0 bridgehead atoms. The van der Waals surface area contributed by atoms with E-state index >= 15 is 0 Å². The Balaban J connectivity index is 2.11. The van der Waals surface area contributed by atoms with Gasteiger partial charge in [-0.05, 0) is 6.72 Å². The van der Waals surface area contributed by atoms with E-state index in [9.17, 15) is 14.6 Å². The molecule has 1 fully saturated rings. The minimum Gasteiger partial charge on any atom is -0.479 e. The fourth-order valence-corrected chi connectivity index (χ4v) is 2.51. The number of hydrogen-bond donors (Lipinski definition) is 3. The standard InChI is InChI=1S/C12H15FN6O4/c1-15-12(3-20)7(21)5(13)10(23-12)19-4-16-6-8(19)17-11(14)18-9(6)22-2/h4-5,7,10,20-21H,1,3H2,2H3,(H2,14,17,18)/t5-,7+,10-,12-/m1/s1. The molecular formula is C12H15FN6O4. The van der Waals surface area contributed by atoms with Gasteiger partial charge in [-0.3, -0.25) is 9.56 Å². The molecule has 124 valence electrons. The first kappa shape index (κ1) is 15.5. The Hall–Kier alpha value is -2.37. The summed E-state index contributed by atoms with van der Waals surface area (Å²) in [5.74, 6) is 0.0239. The molecule has 3 rings (SSSR count). The maximum absolute atomic E-state index is 14.5. The van der Waals surface area contributed by atoms with Crippen LogP contribution in [0.15, 0.2) is 11.3 Å². The zero-order valence-corrected chi connectivity index (χ0v) is 12.1. The molecule has 0 radical (unpaired) electrons. The van der Waals surface area contributed by atoms with Crippen molar-refractivity contribution in [3.8, 4) is 5.88 Å². The summed E-state index contributed by atoms with van der Waals surface area (Å²) in [6.45, 7) is 2.50. The molecule has 2 aromatic rings. The van der Waals surface area contributed by atoms with E-state index in [0.29, 0.717) is 0 Å². The maximum atomic E-state index is 14.5. The summed E-state index contributed by atoms with van der Waals surface area (Å²) in [5, 5.41) is 19.4. The fourth-order valence-electron chi connectivity index (χ4n) is 2.51. The van der Waals surface area contributed by atoms with E-state index in [0.717, 1.165) is 0 Å². The lowest BCUT2D eigenvalue weighted by atomic mass is 10.1. The smallest absolute Gasteiger partial charge is 0.246 e. The zero-order chi connectivity index (χ0) is 16.8. The van der Waals surface area contributed by atoms with Crippen LogP contribution in [0.1, 0.15) is 6.23 Å². The van der Waals surface area contributed by atoms with Gasteiger partial charge in [-0.25, -0.2) is 9.37 Å². The number of aliphatic imine (C=N–C) groups is 1. The molecule has 0 spiro atoms. The number of nitrogens with two attached hydrogens (primary N) is 1. The van der Waals surface area contributed by atoms with Gasteiger partial charge in [0.2, 0.25) is 17.6 Å². The molecule has 4 N–H and O–H groups in total. The van der Waals surface area contributed by atoms with Gasteiger partial charge in [0.15, 0.2) is 23.6 Å². The average Bonchev–Trinajstić information content (AvgIpc) is 3.07. The first-order chi connectivity index (χ1) is 11.0. The van der Waals surface area contributed by atoms with Gasteiger partial charge in [0.05, 0.1) is 20.0 Å². The molecule has 23 heavy (non-hydrogen) atoms. The van der Waals surface area contributed by atoms with Crippen LogP contribution in [0.2, 0.25) is 0 Å². The molecule has 10 nitrogen and oxygen atoms in total. The molecule has 2 aromatic heterocycles. The van der Waals surface area contributed by atoms with Gasteiger partial charge in [0.25, 0.3) is 0 Å². The van der Waals surface area contributed by atoms with Crippen LogP contribution in [0.3, 0.4) is 0 Å². The molecule has 1 saturated heterocycles. The molecule has 3 heterocycles. The van der Waals surface area contributed by atoms with Crippen LogP contribution in [-0.2, 0) is 4.74 Å². The number of rotatable bonds is 4. The number of fused-ring (bicyclic) bond motifs is 1. The summed E-state index contributed by atoms with van der Waals surface area (Å²) >= 11 is 0. The SMILES string of the molecule is C=N[C@]1(CO)O[C@@H](n2cnc3c(OC)nc(N)nc32)[C@H](F)[C@@H]1O. The van der Waals surface area contributed by atoms with Crippen molar-refractivity contribution < 1.29 is 24.1 Å². The van der Waals surface area contributed by atoms with Crippen molar-refractivity contribution in [1.29, 1.82) is 0 Å². The number of hydrogen-bond acceptors (Lipinski definition) is 9. The van der Waals surface area contributed by atoms with E-state index in [4.69, 9.17) is 15.2 Å². The van der Waals surface area contributed by atoms with Crippen molar-refractivity contribution in [2.75, 3.05) is 19.5 Å². The Morgan fingerprint density at radius 2 is 2.35 bits per heavy atom. The van der Waals surface area contributed by atoms with Crippen LogP contribution in [0.25, 0.3) is 11.2 Å². The van der Waals surface area contributed by atoms with Crippen molar-refractivity contribution >= 4 is 23.8 Å².